The molecule has 0 aromatic carbocycles. The second-order valence-electron chi connectivity index (χ2n) is 3.21. The topological polar surface area (TPSA) is 23.5 Å². The quantitative estimate of drug-likeness (QED) is 0.618. The highest BCUT2D eigenvalue weighted by Gasteiger charge is 2.45. The molecule has 0 aromatic rings. The molecule has 1 heterocycles. The summed E-state index contributed by atoms with van der Waals surface area (Å²) in [6, 6.07) is 0. The molecule has 0 bridgehead atoms. The molecule has 2 fully saturated rings. The average Bonchev–Trinajstić information content (AvgIpc) is 2.60. The number of aliphatic hydroxyl groups is 1. The highest BCUT2D eigenvalue weighted by molar-refractivity contribution is 7.98. The van der Waals surface area contributed by atoms with Crippen LogP contribution in [-0.4, -0.2) is 33.9 Å². The minimum Gasteiger partial charge on any atom is -0.395 e. The second-order valence-corrected chi connectivity index (χ2v) is 4.78. The molecule has 2 nitrogen and oxygen atoms in total. The fraction of sp³-hybridized carbons (Fsp3) is 1.00. The first-order valence-electron chi connectivity index (χ1n) is 3.90. The SMILES string of the molecule is OCC1(SN2CCC2)CC1. The van der Waals surface area contributed by atoms with E-state index in [1.54, 1.807) is 0 Å². The molecule has 58 valence electrons. The molecular formula is C7H13NOS. The van der Waals surface area contributed by atoms with Crippen LogP contribution in [0.25, 0.3) is 0 Å². The van der Waals surface area contributed by atoms with Crippen molar-refractivity contribution in [3.05, 3.63) is 0 Å². The van der Waals surface area contributed by atoms with Crippen molar-refractivity contribution < 1.29 is 5.11 Å². The van der Waals surface area contributed by atoms with Crippen LogP contribution < -0.4 is 0 Å². The van der Waals surface area contributed by atoms with E-state index in [9.17, 15) is 0 Å². The minimum atomic E-state index is 0.264. The number of aliphatic hydroxyl groups excluding tert-OH is 1. The van der Waals surface area contributed by atoms with Crippen LogP contribution in [0.3, 0.4) is 0 Å². The van der Waals surface area contributed by atoms with Crippen LogP contribution in [0.1, 0.15) is 19.3 Å². The van der Waals surface area contributed by atoms with E-state index < -0.39 is 0 Å². The van der Waals surface area contributed by atoms with Gasteiger partial charge < -0.3 is 5.11 Å². The molecule has 2 rings (SSSR count). The van der Waals surface area contributed by atoms with Crippen molar-refractivity contribution in [2.75, 3.05) is 19.7 Å². The Balaban J connectivity index is 1.77. The second kappa shape index (κ2) is 2.40. The van der Waals surface area contributed by atoms with E-state index in [0.29, 0.717) is 6.61 Å². The van der Waals surface area contributed by atoms with Crippen molar-refractivity contribution in [2.45, 2.75) is 24.0 Å². The lowest BCUT2D eigenvalue weighted by molar-refractivity contribution is 0.280. The standard InChI is InChI=1S/C7H13NOS/c9-6-7(2-3-7)10-8-4-1-5-8/h9H,1-6H2. The lowest BCUT2D eigenvalue weighted by Gasteiger charge is -2.32. The molecule has 1 saturated heterocycles. The van der Waals surface area contributed by atoms with Gasteiger partial charge in [0.05, 0.1) is 11.4 Å². The van der Waals surface area contributed by atoms with Crippen LogP contribution in [-0.2, 0) is 0 Å². The van der Waals surface area contributed by atoms with Crippen molar-refractivity contribution in [3.8, 4) is 0 Å². The van der Waals surface area contributed by atoms with Gasteiger partial charge in [-0.25, -0.2) is 4.31 Å². The van der Waals surface area contributed by atoms with E-state index in [4.69, 9.17) is 5.11 Å². The highest BCUT2D eigenvalue weighted by Crippen LogP contribution is 2.50. The zero-order valence-corrected chi connectivity index (χ0v) is 6.86. The number of hydrogen-bond donors (Lipinski definition) is 1. The van der Waals surface area contributed by atoms with Crippen molar-refractivity contribution >= 4 is 11.9 Å². The molecule has 3 heteroatoms. The Kier molecular flexibility index (Phi) is 1.66. The smallest absolute Gasteiger partial charge is 0.0591 e. The predicted molar refractivity (Wildman–Crippen MR) is 42.8 cm³/mol. The summed E-state index contributed by atoms with van der Waals surface area (Å²) in [6.45, 7) is 2.83. The van der Waals surface area contributed by atoms with E-state index in [1.807, 2.05) is 11.9 Å². The molecule has 2 aliphatic rings. The lowest BCUT2D eigenvalue weighted by atomic mass is 10.3. The fourth-order valence-corrected chi connectivity index (χ4v) is 2.40. The van der Waals surface area contributed by atoms with Gasteiger partial charge in [-0.2, -0.15) is 0 Å². The maximum atomic E-state index is 8.98. The van der Waals surface area contributed by atoms with Gasteiger partial charge in [0.15, 0.2) is 0 Å². The average molecular weight is 159 g/mol. The first kappa shape index (κ1) is 6.95. The fourth-order valence-electron chi connectivity index (χ4n) is 1.07. The molecule has 1 aliphatic heterocycles. The van der Waals surface area contributed by atoms with Crippen LogP contribution in [0, 0.1) is 0 Å². The van der Waals surface area contributed by atoms with Crippen molar-refractivity contribution in [3.63, 3.8) is 0 Å². The molecule has 0 radical (unpaired) electrons. The van der Waals surface area contributed by atoms with E-state index in [2.05, 4.69) is 4.31 Å². The largest absolute Gasteiger partial charge is 0.395 e. The molecule has 1 aliphatic carbocycles. The zero-order valence-electron chi connectivity index (χ0n) is 6.05. The Morgan fingerprint density at radius 1 is 1.40 bits per heavy atom. The maximum absolute atomic E-state index is 8.98. The summed E-state index contributed by atoms with van der Waals surface area (Å²) in [5, 5.41) is 8.98. The zero-order chi connectivity index (χ0) is 7.03. The van der Waals surface area contributed by atoms with Crippen LogP contribution in [0.4, 0.5) is 0 Å². The van der Waals surface area contributed by atoms with Crippen LogP contribution in [0.2, 0.25) is 0 Å². The van der Waals surface area contributed by atoms with Crippen molar-refractivity contribution in [2.24, 2.45) is 0 Å². The van der Waals surface area contributed by atoms with Gasteiger partial charge in [-0.1, -0.05) is 11.9 Å². The minimum absolute atomic E-state index is 0.264. The third-order valence-corrected chi connectivity index (χ3v) is 3.78. The molecule has 0 atom stereocenters. The van der Waals surface area contributed by atoms with Crippen LogP contribution in [0.5, 0.6) is 0 Å². The van der Waals surface area contributed by atoms with Gasteiger partial charge in [0, 0.05) is 13.1 Å². The van der Waals surface area contributed by atoms with E-state index >= 15 is 0 Å². The molecular weight excluding hydrogens is 146 g/mol. The monoisotopic (exact) mass is 159 g/mol. The van der Waals surface area contributed by atoms with Gasteiger partial charge >= 0.3 is 0 Å². The Hall–Kier alpha value is 0.270. The number of nitrogens with zero attached hydrogens (tertiary/aromatic N) is 1. The summed E-state index contributed by atoms with van der Waals surface area (Å²) < 4.78 is 2.63. The van der Waals surface area contributed by atoms with Crippen LogP contribution >= 0.6 is 11.9 Å². The van der Waals surface area contributed by atoms with Crippen molar-refractivity contribution in [1.82, 2.24) is 4.31 Å². The highest BCUT2D eigenvalue weighted by atomic mass is 32.2. The molecule has 0 spiro atoms. The van der Waals surface area contributed by atoms with Crippen LogP contribution in [0.15, 0.2) is 0 Å². The summed E-state index contributed by atoms with van der Waals surface area (Å²) in [5.74, 6) is 0. The normalized spacial score (nSPS) is 29.7. The third kappa shape index (κ3) is 1.18. The first-order chi connectivity index (χ1) is 4.85. The molecule has 0 aromatic heterocycles. The molecule has 0 amide bonds. The van der Waals surface area contributed by atoms with Gasteiger partial charge in [-0.3, -0.25) is 0 Å². The summed E-state index contributed by atoms with van der Waals surface area (Å²) in [5.41, 5.74) is 0. The summed E-state index contributed by atoms with van der Waals surface area (Å²) in [6.07, 6.45) is 3.77. The van der Waals surface area contributed by atoms with E-state index in [0.717, 1.165) is 0 Å². The van der Waals surface area contributed by atoms with Gasteiger partial charge in [0.1, 0.15) is 0 Å². The van der Waals surface area contributed by atoms with Crippen molar-refractivity contribution in [1.29, 1.82) is 0 Å². The summed E-state index contributed by atoms with van der Waals surface area (Å²) in [4.78, 5) is 0. The lowest BCUT2D eigenvalue weighted by Crippen LogP contribution is -2.34. The Bertz CT molecular complexity index is 132. The Labute approximate surface area is 65.7 Å². The number of hydrogen-bond acceptors (Lipinski definition) is 3. The third-order valence-electron chi connectivity index (χ3n) is 2.23. The van der Waals surface area contributed by atoms with Gasteiger partial charge in [0.2, 0.25) is 0 Å². The molecule has 10 heavy (non-hydrogen) atoms. The first-order valence-corrected chi connectivity index (χ1v) is 4.67. The van der Waals surface area contributed by atoms with Gasteiger partial charge in [-0.05, 0) is 19.3 Å². The van der Waals surface area contributed by atoms with E-state index in [-0.39, 0.29) is 4.75 Å². The Morgan fingerprint density at radius 2 is 2.10 bits per heavy atom. The van der Waals surface area contributed by atoms with Gasteiger partial charge in [-0.15, -0.1) is 0 Å². The number of rotatable bonds is 3. The molecule has 1 N–H and O–H groups in total. The van der Waals surface area contributed by atoms with Gasteiger partial charge in [0.25, 0.3) is 0 Å². The van der Waals surface area contributed by atoms with E-state index in [1.165, 1.54) is 32.4 Å². The predicted octanol–water partition coefficient (Wildman–Crippen LogP) is 0.865. The molecule has 1 saturated carbocycles. The Morgan fingerprint density at radius 3 is 2.40 bits per heavy atom. The molecule has 0 unspecified atom stereocenters. The maximum Gasteiger partial charge on any atom is 0.0591 e. The summed E-state index contributed by atoms with van der Waals surface area (Å²) >= 11 is 1.88. The summed E-state index contributed by atoms with van der Waals surface area (Å²) in [7, 11) is 0.